The van der Waals surface area contributed by atoms with Crippen molar-refractivity contribution < 1.29 is 23.8 Å². The lowest BCUT2D eigenvalue weighted by Crippen LogP contribution is -2.38. The number of hydrogen-bond acceptors (Lipinski definition) is 4. The fourth-order valence-corrected chi connectivity index (χ4v) is 2.31. The first-order valence-corrected chi connectivity index (χ1v) is 6.46. The Labute approximate surface area is 124 Å². The van der Waals surface area contributed by atoms with E-state index in [-0.39, 0.29) is 30.4 Å². The SMILES string of the molecule is O=C(O)c1ccoc1CN1C(=O)COc2ccc(Cl)cc21. The van der Waals surface area contributed by atoms with Crippen LogP contribution in [0.25, 0.3) is 0 Å². The van der Waals surface area contributed by atoms with E-state index in [0.717, 1.165) is 0 Å². The molecule has 0 spiro atoms. The summed E-state index contributed by atoms with van der Waals surface area (Å²) in [6.45, 7) is -0.109. The zero-order chi connectivity index (χ0) is 15.0. The second kappa shape index (κ2) is 5.14. The summed E-state index contributed by atoms with van der Waals surface area (Å²) in [6, 6.07) is 6.26. The van der Waals surface area contributed by atoms with E-state index in [2.05, 4.69) is 0 Å². The van der Waals surface area contributed by atoms with Crippen molar-refractivity contribution in [2.75, 3.05) is 11.5 Å². The van der Waals surface area contributed by atoms with Crippen LogP contribution in [0, 0.1) is 0 Å². The maximum absolute atomic E-state index is 12.0. The number of fused-ring (bicyclic) bond motifs is 1. The number of furan rings is 1. The number of halogens is 1. The highest BCUT2D eigenvalue weighted by atomic mass is 35.5. The topological polar surface area (TPSA) is 80.0 Å². The molecule has 7 heteroatoms. The summed E-state index contributed by atoms with van der Waals surface area (Å²) < 4.78 is 10.5. The Morgan fingerprint density at radius 3 is 2.95 bits per heavy atom. The molecule has 2 aromatic rings. The summed E-state index contributed by atoms with van der Waals surface area (Å²) in [5, 5.41) is 9.53. The second-order valence-electron chi connectivity index (χ2n) is 4.44. The first-order chi connectivity index (χ1) is 10.1. The molecule has 1 amide bonds. The summed E-state index contributed by atoms with van der Waals surface area (Å²) >= 11 is 5.94. The van der Waals surface area contributed by atoms with Crippen LogP contribution in [0.5, 0.6) is 5.75 Å². The monoisotopic (exact) mass is 307 g/mol. The van der Waals surface area contributed by atoms with Crippen LogP contribution in [0.15, 0.2) is 34.9 Å². The molecule has 1 aliphatic heterocycles. The molecule has 0 saturated carbocycles. The van der Waals surface area contributed by atoms with E-state index in [1.54, 1.807) is 18.2 Å². The third-order valence-electron chi connectivity index (χ3n) is 3.14. The van der Waals surface area contributed by atoms with Crippen LogP contribution >= 0.6 is 11.6 Å². The number of benzene rings is 1. The number of carbonyl (C=O) groups excluding carboxylic acids is 1. The Kier molecular flexibility index (Phi) is 3.31. The van der Waals surface area contributed by atoms with Gasteiger partial charge in [0, 0.05) is 5.02 Å². The van der Waals surface area contributed by atoms with E-state index in [9.17, 15) is 9.59 Å². The minimum atomic E-state index is -1.11. The molecule has 0 saturated heterocycles. The Morgan fingerprint density at radius 1 is 1.38 bits per heavy atom. The minimum absolute atomic E-state index is 0.00414. The van der Waals surface area contributed by atoms with Crippen molar-refractivity contribution in [1.82, 2.24) is 0 Å². The molecule has 108 valence electrons. The molecule has 1 aromatic heterocycles. The van der Waals surface area contributed by atoms with Crippen molar-refractivity contribution >= 4 is 29.2 Å². The zero-order valence-electron chi connectivity index (χ0n) is 10.7. The van der Waals surface area contributed by atoms with Crippen LogP contribution < -0.4 is 9.64 Å². The summed E-state index contributed by atoms with van der Waals surface area (Å²) in [5.74, 6) is -0.686. The number of carboxylic acids is 1. The van der Waals surface area contributed by atoms with Gasteiger partial charge in [-0.1, -0.05) is 11.6 Å². The Morgan fingerprint density at radius 2 is 2.19 bits per heavy atom. The van der Waals surface area contributed by atoms with Gasteiger partial charge in [-0.15, -0.1) is 0 Å². The fraction of sp³-hybridized carbons (Fsp3) is 0.143. The van der Waals surface area contributed by atoms with Crippen LogP contribution in [0.2, 0.25) is 5.02 Å². The lowest BCUT2D eigenvalue weighted by molar-refractivity contribution is -0.121. The molecule has 6 nitrogen and oxygen atoms in total. The highest BCUT2D eigenvalue weighted by Crippen LogP contribution is 2.35. The van der Waals surface area contributed by atoms with Gasteiger partial charge in [0.05, 0.1) is 18.5 Å². The molecule has 1 N–H and O–H groups in total. The van der Waals surface area contributed by atoms with E-state index in [1.165, 1.54) is 17.2 Å². The van der Waals surface area contributed by atoms with Gasteiger partial charge in [-0.3, -0.25) is 9.69 Å². The average molecular weight is 308 g/mol. The predicted octanol–water partition coefficient (Wildman–Crippen LogP) is 2.56. The molecule has 0 unspecified atom stereocenters. The van der Waals surface area contributed by atoms with E-state index in [4.69, 9.17) is 25.9 Å². The van der Waals surface area contributed by atoms with E-state index in [1.807, 2.05) is 0 Å². The molecule has 0 radical (unpaired) electrons. The Balaban J connectivity index is 1.98. The predicted molar refractivity (Wildman–Crippen MR) is 73.8 cm³/mol. The molecule has 1 aliphatic rings. The van der Waals surface area contributed by atoms with E-state index >= 15 is 0 Å². The van der Waals surface area contributed by atoms with Crippen molar-refractivity contribution in [3.8, 4) is 5.75 Å². The van der Waals surface area contributed by atoms with Crippen LogP contribution in [-0.4, -0.2) is 23.6 Å². The van der Waals surface area contributed by atoms with Gasteiger partial charge in [0.1, 0.15) is 17.1 Å². The number of hydrogen-bond donors (Lipinski definition) is 1. The largest absolute Gasteiger partial charge is 0.482 e. The van der Waals surface area contributed by atoms with Crippen LogP contribution in [0.3, 0.4) is 0 Å². The molecule has 0 fully saturated rings. The molecule has 0 atom stereocenters. The van der Waals surface area contributed by atoms with Crippen LogP contribution in [0.1, 0.15) is 16.1 Å². The van der Waals surface area contributed by atoms with Gasteiger partial charge < -0.3 is 14.3 Å². The highest BCUT2D eigenvalue weighted by Gasteiger charge is 2.28. The summed E-state index contributed by atoms with van der Waals surface area (Å²) in [5.41, 5.74) is 0.518. The second-order valence-corrected chi connectivity index (χ2v) is 4.88. The first kappa shape index (κ1) is 13.5. The fourth-order valence-electron chi connectivity index (χ4n) is 2.15. The van der Waals surface area contributed by atoms with Crippen LogP contribution in [-0.2, 0) is 11.3 Å². The van der Waals surface area contributed by atoms with Crippen LogP contribution in [0.4, 0.5) is 5.69 Å². The average Bonchev–Trinajstić information content (AvgIpc) is 2.90. The van der Waals surface area contributed by atoms with Crippen molar-refractivity contribution in [2.24, 2.45) is 0 Å². The Hall–Kier alpha value is -2.47. The molecule has 1 aromatic carbocycles. The lowest BCUT2D eigenvalue weighted by Gasteiger charge is -2.29. The molecule has 0 aliphatic carbocycles. The van der Waals surface area contributed by atoms with E-state index in [0.29, 0.717) is 16.5 Å². The van der Waals surface area contributed by atoms with Gasteiger partial charge >= 0.3 is 5.97 Å². The first-order valence-electron chi connectivity index (χ1n) is 6.08. The molecule has 2 heterocycles. The van der Waals surface area contributed by atoms with Gasteiger partial charge in [0.25, 0.3) is 5.91 Å². The maximum Gasteiger partial charge on any atom is 0.339 e. The quantitative estimate of drug-likeness (QED) is 0.942. The summed E-state index contributed by atoms with van der Waals surface area (Å²) in [7, 11) is 0. The highest BCUT2D eigenvalue weighted by molar-refractivity contribution is 6.31. The number of ether oxygens (including phenoxy) is 1. The molecular formula is C14H10ClNO5. The van der Waals surface area contributed by atoms with Gasteiger partial charge in [0.15, 0.2) is 6.61 Å². The van der Waals surface area contributed by atoms with E-state index < -0.39 is 5.97 Å². The molecule has 3 rings (SSSR count). The number of carboxylic acid groups (broad SMARTS) is 1. The van der Waals surface area contributed by atoms with Gasteiger partial charge in [-0.25, -0.2) is 4.79 Å². The normalized spacial score (nSPS) is 13.8. The van der Waals surface area contributed by atoms with Gasteiger partial charge in [-0.05, 0) is 24.3 Å². The van der Waals surface area contributed by atoms with Crippen molar-refractivity contribution in [3.63, 3.8) is 0 Å². The molecule has 21 heavy (non-hydrogen) atoms. The smallest absolute Gasteiger partial charge is 0.339 e. The number of carbonyl (C=O) groups is 2. The number of nitrogens with zero attached hydrogens (tertiary/aromatic N) is 1. The maximum atomic E-state index is 12.0. The van der Waals surface area contributed by atoms with Gasteiger partial charge in [-0.2, -0.15) is 0 Å². The number of anilines is 1. The zero-order valence-corrected chi connectivity index (χ0v) is 11.5. The number of rotatable bonds is 3. The standard InChI is InChI=1S/C14H10ClNO5/c15-8-1-2-11-10(5-8)16(13(17)7-21-11)6-12-9(14(18)19)3-4-20-12/h1-5H,6-7H2,(H,18,19). The van der Waals surface area contributed by atoms with Crippen molar-refractivity contribution in [1.29, 1.82) is 0 Å². The minimum Gasteiger partial charge on any atom is -0.482 e. The summed E-state index contributed by atoms with van der Waals surface area (Å²) in [4.78, 5) is 24.5. The van der Waals surface area contributed by atoms with Crippen molar-refractivity contribution in [3.05, 3.63) is 46.9 Å². The van der Waals surface area contributed by atoms with Crippen molar-refractivity contribution in [2.45, 2.75) is 6.54 Å². The van der Waals surface area contributed by atoms with Gasteiger partial charge in [0.2, 0.25) is 0 Å². The lowest BCUT2D eigenvalue weighted by atomic mass is 10.2. The molecular weight excluding hydrogens is 298 g/mol. The summed E-state index contributed by atoms with van der Waals surface area (Å²) in [6.07, 6.45) is 1.28. The number of aromatic carboxylic acids is 1. The number of amides is 1. The third-order valence-corrected chi connectivity index (χ3v) is 3.38. The Bertz CT molecular complexity index is 724. The third kappa shape index (κ3) is 2.45. The molecule has 0 bridgehead atoms.